The van der Waals surface area contributed by atoms with Crippen LogP contribution < -0.4 is 10.2 Å². The number of carbonyl (C=O) groups is 1. The number of benzene rings is 2. The summed E-state index contributed by atoms with van der Waals surface area (Å²) >= 11 is 6.06. The Morgan fingerprint density at radius 1 is 1.12 bits per heavy atom. The predicted molar refractivity (Wildman–Crippen MR) is 102 cm³/mol. The average molecular weight is 395 g/mol. The molecule has 1 N–H and O–H groups in total. The van der Waals surface area contributed by atoms with E-state index in [4.69, 9.17) is 16.3 Å². The van der Waals surface area contributed by atoms with Gasteiger partial charge in [-0.05, 0) is 30.3 Å². The Labute approximate surface area is 157 Å². The van der Waals surface area contributed by atoms with Crippen LogP contribution in [0, 0.1) is 0 Å². The molecule has 1 saturated heterocycles. The third-order valence-electron chi connectivity index (χ3n) is 4.01. The number of nitrogens with one attached hydrogen (secondary N) is 1. The van der Waals surface area contributed by atoms with Crippen LogP contribution in [0.2, 0.25) is 5.02 Å². The van der Waals surface area contributed by atoms with Gasteiger partial charge in [0.1, 0.15) is 5.75 Å². The molecule has 0 bridgehead atoms. The molecule has 0 atom stereocenters. The minimum absolute atomic E-state index is 0.120. The van der Waals surface area contributed by atoms with Crippen LogP contribution in [-0.2, 0) is 19.4 Å². The van der Waals surface area contributed by atoms with Gasteiger partial charge in [-0.2, -0.15) is 0 Å². The molecule has 0 aromatic heterocycles. The van der Waals surface area contributed by atoms with Crippen LogP contribution in [0.15, 0.2) is 53.4 Å². The Bertz CT molecular complexity index is 881. The molecule has 8 heteroatoms. The van der Waals surface area contributed by atoms with E-state index in [0.29, 0.717) is 37.0 Å². The van der Waals surface area contributed by atoms with Crippen molar-refractivity contribution in [2.75, 3.05) is 42.3 Å². The zero-order chi connectivity index (χ0) is 18.6. The van der Waals surface area contributed by atoms with Crippen molar-refractivity contribution < 1.29 is 17.9 Å². The highest BCUT2D eigenvalue weighted by Crippen LogP contribution is 2.30. The van der Waals surface area contributed by atoms with E-state index >= 15 is 0 Å². The highest BCUT2D eigenvalue weighted by molar-refractivity contribution is 7.92. The SMILES string of the molecule is O=C(CS(=O)(=O)c1ccccc1)Nc1cc(Cl)ccc1N1CCOCC1. The van der Waals surface area contributed by atoms with E-state index in [2.05, 4.69) is 10.2 Å². The molecule has 1 fully saturated rings. The van der Waals surface area contributed by atoms with Crippen molar-refractivity contribution in [2.45, 2.75) is 4.90 Å². The highest BCUT2D eigenvalue weighted by Gasteiger charge is 2.21. The Morgan fingerprint density at radius 2 is 1.81 bits per heavy atom. The minimum atomic E-state index is -3.71. The van der Waals surface area contributed by atoms with Crippen LogP contribution in [0.3, 0.4) is 0 Å². The smallest absolute Gasteiger partial charge is 0.240 e. The number of carbonyl (C=O) groups excluding carboxylic acids is 1. The second-order valence-electron chi connectivity index (χ2n) is 5.88. The molecule has 0 aliphatic carbocycles. The summed E-state index contributed by atoms with van der Waals surface area (Å²) in [5.74, 6) is -1.24. The number of hydrogen-bond donors (Lipinski definition) is 1. The molecule has 26 heavy (non-hydrogen) atoms. The molecule has 3 rings (SSSR count). The maximum Gasteiger partial charge on any atom is 0.240 e. The van der Waals surface area contributed by atoms with Crippen LogP contribution in [0.5, 0.6) is 0 Å². The maximum absolute atomic E-state index is 12.4. The van der Waals surface area contributed by atoms with Crippen molar-refractivity contribution >= 4 is 38.7 Å². The molecular formula is C18H19ClN2O4S. The second kappa shape index (κ2) is 8.07. The second-order valence-corrected chi connectivity index (χ2v) is 8.31. The Hall–Kier alpha value is -2.09. The fourth-order valence-corrected chi connectivity index (χ4v) is 4.09. The topological polar surface area (TPSA) is 75.7 Å². The van der Waals surface area contributed by atoms with Crippen molar-refractivity contribution in [1.29, 1.82) is 0 Å². The number of rotatable bonds is 5. The fourth-order valence-electron chi connectivity index (χ4n) is 2.76. The number of amides is 1. The van der Waals surface area contributed by atoms with Crippen LogP contribution in [0.4, 0.5) is 11.4 Å². The average Bonchev–Trinajstić information content (AvgIpc) is 2.63. The Morgan fingerprint density at radius 3 is 2.50 bits per heavy atom. The van der Waals surface area contributed by atoms with Crippen LogP contribution >= 0.6 is 11.6 Å². The van der Waals surface area contributed by atoms with E-state index in [9.17, 15) is 13.2 Å². The first-order valence-corrected chi connectivity index (χ1v) is 10.2. The molecule has 0 unspecified atom stereocenters. The van der Waals surface area contributed by atoms with Crippen molar-refractivity contribution in [3.63, 3.8) is 0 Å². The standard InChI is InChI=1S/C18H19ClN2O4S/c19-14-6-7-17(21-8-10-25-11-9-21)16(12-14)20-18(22)13-26(23,24)15-4-2-1-3-5-15/h1-7,12H,8-11,13H2,(H,20,22). The molecule has 138 valence electrons. The number of anilines is 2. The molecule has 1 amide bonds. The molecule has 2 aromatic rings. The molecule has 0 radical (unpaired) electrons. The summed E-state index contributed by atoms with van der Waals surface area (Å²) in [7, 11) is -3.71. The van der Waals surface area contributed by atoms with Gasteiger partial charge in [0.2, 0.25) is 5.91 Å². The Kier molecular flexibility index (Phi) is 5.80. The van der Waals surface area contributed by atoms with E-state index in [-0.39, 0.29) is 4.90 Å². The molecule has 0 spiro atoms. The molecule has 6 nitrogen and oxygen atoms in total. The normalized spacial score (nSPS) is 14.9. The summed E-state index contributed by atoms with van der Waals surface area (Å²) in [6.07, 6.45) is 0. The molecular weight excluding hydrogens is 376 g/mol. The first kappa shape index (κ1) is 18.7. The van der Waals surface area contributed by atoms with Gasteiger partial charge in [0.05, 0.1) is 29.5 Å². The number of nitrogens with zero attached hydrogens (tertiary/aromatic N) is 1. The third kappa shape index (κ3) is 4.55. The van der Waals surface area contributed by atoms with E-state index in [0.717, 1.165) is 5.69 Å². The monoisotopic (exact) mass is 394 g/mol. The lowest BCUT2D eigenvalue weighted by Crippen LogP contribution is -2.37. The number of sulfone groups is 1. The number of halogens is 1. The lowest BCUT2D eigenvalue weighted by Gasteiger charge is -2.30. The van der Waals surface area contributed by atoms with Gasteiger partial charge in [-0.1, -0.05) is 29.8 Å². The summed E-state index contributed by atoms with van der Waals surface area (Å²) in [6, 6.07) is 13.1. The fraction of sp³-hybridized carbons (Fsp3) is 0.278. The first-order valence-electron chi connectivity index (χ1n) is 8.15. The molecule has 2 aromatic carbocycles. The summed E-state index contributed by atoms with van der Waals surface area (Å²) < 4.78 is 30.1. The minimum Gasteiger partial charge on any atom is -0.378 e. The first-order chi connectivity index (χ1) is 12.5. The number of morpholine rings is 1. The molecule has 1 heterocycles. The van der Waals surface area contributed by atoms with Gasteiger partial charge in [0.15, 0.2) is 9.84 Å². The van der Waals surface area contributed by atoms with Crippen molar-refractivity contribution in [1.82, 2.24) is 0 Å². The van der Waals surface area contributed by atoms with Crippen molar-refractivity contribution in [2.24, 2.45) is 0 Å². The van der Waals surface area contributed by atoms with Crippen LogP contribution in [0.1, 0.15) is 0 Å². The molecule has 1 aliphatic heterocycles. The van der Waals surface area contributed by atoms with E-state index in [1.165, 1.54) is 12.1 Å². The van der Waals surface area contributed by atoms with Crippen molar-refractivity contribution in [3.8, 4) is 0 Å². The lowest BCUT2D eigenvalue weighted by atomic mass is 10.2. The van der Waals surface area contributed by atoms with Gasteiger partial charge in [-0.25, -0.2) is 8.42 Å². The van der Waals surface area contributed by atoms with Gasteiger partial charge in [0.25, 0.3) is 0 Å². The van der Waals surface area contributed by atoms with Gasteiger partial charge in [-0.15, -0.1) is 0 Å². The van der Waals surface area contributed by atoms with E-state index < -0.39 is 21.5 Å². The van der Waals surface area contributed by atoms with Crippen molar-refractivity contribution in [3.05, 3.63) is 53.6 Å². The largest absolute Gasteiger partial charge is 0.378 e. The third-order valence-corrected chi connectivity index (χ3v) is 5.88. The van der Waals surface area contributed by atoms with Gasteiger partial charge < -0.3 is 15.0 Å². The highest BCUT2D eigenvalue weighted by atomic mass is 35.5. The summed E-state index contributed by atoms with van der Waals surface area (Å²) in [6.45, 7) is 2.57. The summed E-state index contributed by atoms with van der Waals surface area (Å²) in [5, 5.41) is 3.15. The van der Waals surface area contributed by atoms with E-state index in [1.807, 2.05) is 6.07 Å². The van der Waals surface area contributed by atoms with Gasteiger partial charge in [0, 0.05) is 18.1 Å². The lowest BCUT2D eigenvalue weighted by molar-refractivity contribution is -0.113. The zero-order valence-electron chi connectivity index (χ0n) is 14.0. The summed E-state index contributed by atoms with van der Waals surface area (Å²) in [5.41, 5.74) is 1.29. The zero-order valence-corrected chi connectivity index (χ0v) is 15.6. The Balaban J connectivity index is 1.78. The number of hydrogen-bond acceptors (Lipinski definition) is 5. The van der Waals surface area contributed by atoms with Gasteiger partial charge >= 0.3 is 0 Å². The maximum atomic E-state index is 12.4. The van der Waals surface area contributed by atoms with Gasteiger partial charge in [-0.3, -0.25) is 4.79 Å². The number of ether oxygens (including phenoxy) is 1. The quantitative estimate of drug-likeness (QED) is 0.843. The van der Waals surface area contributed by atoms with Crippen LogP contribution in [0.25, 0.3) is 0 Å². The molecule has 1 aliphatic rings. The molecule has 0 saturated carbocycles. The summed E-state index contributed by atoms with van der Waals surface area (Å²) in [4.78, 5) is 14.6. The van der Waals surface area contributed by atoms with Crippen LogP contribution in [-0.4, -0.2) is 46.4 Å². The predicted octanol–water partition coefficient (Wildman–Crippen LogP) is 2.59. The van der Waals surface area contributed by atoms with E-state index in [1.54, 1.807) is 30.3 Å².